The molecule has 0 saturated heterocycles. The van der Waals surface area contributed by atoms with E-state index in [1.807, 2.05) is 30.3 Å². The molecule has 1 aliphatic carbocycles. The van der Waals surface area contributed by atoms with Crippen LogP contribution >= 0.6 is 11.6 Å². The molecule has 328 valence electrons. The van der Waals surface area contributed by atoms with Crippen molar-refractivity contribution in [2.24, 2.45) is 17.8 Å². The van der Waals surface area contributed by atoms with E-state index in [-0.39, 0.29) is 31.1 Å². The standard InChI is InChI=1S/C42H54ClF2N5O9S/c1-24(2)38(42(55)46-22-26-10-8-7-9-11-26)49-41(54)37(58-5)21-36(51)35(23-59-32-17-29(44)16-30(45)18-32)48-40(53)34-20-31(50(4)60(6,56)57)19-33(34)39(52)47-25(3)27-12-14-28(43)15-13-27/h7-18,24-25,31,33-38,51H,19-23H2,1-6H3,(H,46,55)(H,47,52)(H,48,53)(H,49,54)/t25-,31-,33+,34+,35-,36-,37+,38-/m0/s1. The molecule has 14 nitrogen and oxygen atoms in total. The van der Waals surface area contributed by atoms with E-state index in [1.54, 1.807) is 45.0 Å². The number of halogens is 3. The van der Waals surface area contributed by atoms with E-state index in [9.17, 15) is 41.5 Å². The summed E-state index contributed by atoms with van der Waals surface area (Å²) in [6.07, 6.45) is -2.47. The third kappa shape index (κ3) is 13.7. The summed E-state index contributed by atoms with van der Waals surface area (Å²) in [4.78, 5) is 54.9. The zero-order chi connectivity index (χ0) is 44.3. The number of carbonyl (C=O) groups is 4. The van der Waals surface area contributed by atoms with Crippen molar-refractivity contribution in [1.29, 1.82) is 0 Å². The second-order valence-corrected chi connectivity index (χ2v) is 17.9. The number of nitrogens with one attached hydrogen (secondary N) is 4. The number of nitrogens with zero attached hydrogens (tertiary/aromatic N) is 1. The van der Waals surface area contributed by atoms with Crippen LogP contribution < -0.4 is 26.0 Å². The first kappa shape index (κ1) is 48.0. The highest BCUT2D eigenvalue weighted by molar-refractivity contribution is 7.88. The van der Waals surface area contributed by atoms with Crippen LogP contribution in [0.4, 0.5) is 8.78 Å². The van der Waals surface area contributed by atoms with Gasteiger partial charge in [-0.3, -0.25) is 19.2 Å². The van der Waals surface area contributed by atoms with E-state index in [0.29, 0.717) is 11.1 Å². The first-order valence-corrected chi connectivity index (χ1v) is 21.7. The van der Waals surface area contributed by atoms with Gasteiger partial charge in [0.1, 0.15) is 36.1 Å². The number of benzene rings is 3. The molecule has 3 aromatic rings. The smallest absolute Gasteiger partial charge is 0.249 e. The lowest BCUT2D eigenvalue weighted by Crippen LogP contribution is -2.54. The molecule has 3 aromatic carbocycles. The molecule has 4 amide bonds. The normalized spacial score (nSPS) is 19.2. The molecule has 0 heterocycles. The molecule has 0 aromatic heterocycles. The Labute approximate surface area is 354 Å². The van der Waals surface area contributed by atoms with Crippen molar-refractivity contribution in [2.75, 3.05) is 27.0 Å². The zero-order valence-corrected chi connectivity index (χ0v) is 35.9. The molecule has 0 unspecified atom stereocenters. The molecule has 8 atom stereocenters. The van der Waals surface area contributed by atoms with Crippen LogP contribution in [-0.4, -0.2) is 98.8 Å². The van der Waals surface area contributed by atoms with Gasteiger partial charge in [-0.05, 0) is 48.9 Å². The summed E-state index contributed by atoms with van der Waals surface area (Å²) in [7, 11) is -1.16. The van der Waals surface area contributed by atoms with Gasteiger partial charge in [0.15, 0.2) is 0 Å². The van der Waals surface area contributed by atoms with E-state index in [2.05, 4.69) is 21.3 Å². The molecule has 0 radical (unpaired) electrons. The van der Waals surface area contributed by atoms with Gasteiger partial charge in [-0.2, -0.15) is 0 Å². The SMILES string of the molecule is CO[C@H](C[C@H](O)[C@H](COc1cc(F)cc(F)c1)NC(=O)[C@@H]1C[C@@H](N(C)S(C)(=O)=O)C[C@H]1C(=O)N[C@@H](C)c1ccc(Cl)cc1)C(=O)N[C@H](C(=O)NCc1ccccc1)C(C)C. The van der Waals surface area contributed by atoms with Crippen molar-refractivity contribution < 1.29 is 51.0 Å². The van der Waals surface area contributed by atoms with Crippen LogP contribution in [0, 0.1) is 29.4 Å². The van der Waals surface area contributed by atoms with Crippen molar-refractivity contribution in [3.05, 3.63) is 101 Å². The summed E-state index contributed by atoms with van der Waals surface area (Å²) >= 11 is 6.03. The molecule has 0 spiro atoms. The van der Waals surface area contributed by atoms with Gasteiger partial charge in [0, 0.05) is 56.4 Å². The quantitative estimate of drug-likeness (QED) is 0.112. The monoisotopic (exact) mass is 877 g/mol. The van der Waals surface area contributed by atoms with Gasteiger partial charge in [0.25, 0.3) is 0 Å². The Bertz CT molecular complexity index is 2030. The zero-order valence-electron chi connectivity index (χ0n) is 34.4. The largest absolute Gasteiger partial charge is 0.491 e. The van der Waals surface area contributed by atoms with Crippen molar-refractivity contribution in [2.45, 2.75) is 83.0 Å². The number of ether oxygens (including phenoxy) is 2. The molecule has 60 heavy (non-hydrogen) atoms. The number of aliphatic hydroxyl groups is 1. The molecule has 1 aliphatic rings. The summed E-state index contributed by atoms with van der Waals surface area (Å²) in [5.41, 5.74) is 1.58. The minimum atomic E-state index is -3.74. The number of sulfonamides is 1. The fraction of sp³-hybridized carbons (Fsp3) is 0.476. The van der Waals surface area contributed by atoms with Gasteiger partial charge >= 0.3 is 0 Å². The summed E-state index contributed by atoms with van der Waals surface area (Å²) in [5, 5.41) is 23.2. The highest BCUT2D eigenvalue weighted by Gasteiger charge is 2.46. The first-order valence-electron chi connectivity index (χ1n) is 19.5. The summed E-state index contributed by atoms with van der Waals surface area (Å²) in [6.45, 7) is 4.89. The predicted molar refractivity (Wildman–Crippen MR) is 221 cm³/mol. The number of hydrogen-bond donors (Lipinski definition) is 5. The summed E-state index contributed by atoms with van der Waals surface area (Å²) in [5.74, 6) is -7.08. The lowest BCUT2D eigenvalue weighted by molar-refractivity contribution is -0.138. The van der Waals surface area contributed by atoms with Crippen LogP contribution in [0.3, 0.4) is 0 Å². The van der Waals surface area contributed by atoms with Crippen molar-refractivity contribution >= 4 is 45.3 Å². The molecular weight excluding hydrogens is 824 g/mol. The number of rotatable bonds is 20. The Morgan fingerprint density at radius 1 is 0.883 bits per heavy atom. The highest BCUT2D eigenvalue weighted by Crippen LogP contribution is 2.37. The molecular formula is C42H54ClF2N5O9S. The van der Waals surface area contributed by atoms with Gasteiger partial charge in [0.05, 0.1) is 36.3 Å². The van der Waals surface area contributed by atoms with E-state index in [4.69, 9.17) is 21.1 Å². The molecule has 4 rings (SSSR count). The summed E-state index contributed by atoms with van der Waals surface area (Å²) in [6, 6.07) is 14.8. The van der Waals surface area contributed by atoms with Gasteiger partial charge in [0.2, 0.25) is 33.7 Å². The van der Waals surface area contributed by atoms with Crippen molar-refractivity contribution in [1.82, 2.24) is 25.6 Å². The topological polar surface area (TPSA) is 192 Å². The first-order chi connectivity index (χ1) is 28.3. The average molecular weight is 878 g/mol. The fourth-order valence-corrected chi connectivity index (χ4v) is 7.86. The minimum absolute atomic E-state index is 0.00498. The molecule has 0 aliphatic heterocycles. The van der Waals surface area contributed by atoms with Crippen LogP contribution in [0.1, 0.15) is 57.2 Å². The van der Waals surface area contributed by atoms with Gasteiger partial charge < -0.3 is 35.8 Å². The Balaban J connectivity index is 1.55. The van der Waals surface area contributed by atoms with Crippen molar-refractivity contribution in [3.8, 4) is 5.75 Å². The molecule has 0 bridgehead atoms. The summed E-state index contributed by atoms with van der Waals surface area (Å²) < 4.78 is 65.5. The van der Waals surface area contributed by atoms with Gasteiger partial charge in [-0.1, -0.05) is 67.9 Å². The fourth-order valence-electron chi connectivity index (χ4n) is 7.02. The number of amides is 4. The molecule has 1 fully saturated rings. The van der Waals surface area contributed by atoms with E-state index < -0.39 is 107 Å². The molecule has 1 saturated carbocycles. The van der Waals surface area contributed by atoms with Crippen molar-refractivity contribution in [3.63, 3.8) is 0 Å². The van der Waals surface area contributed by atoms with Crippen LogP contribution in [0.5, 0.6) is 5.75 Å². The Hall–Kier alpha value is -4.68. The average Bonchev–Trinajstić information content (AvgIpc) is 3.65. The maximum atomic E-state index is 14.2. The Morgan fingerprint density at radius 3 is 2.02 bits per heavy atom. The lowest BCUT2D eigenvalue weighted by Gasteiger charge is -2.30. The van der Waals surface area contributed by atoms with Crippen LogP contribution in [-0.2, 0) is 40.5 Å². The molecule has 18 heteroatoms. The van der Waals surface area contributed by atoms with Crippen LogP contribution in [0.2, 0.25) is 5.02 Å². The number of methoxy groups -OCH3 is 1. The Morgan fingerprint density at radius 2 is 1.47 bits per heavy atom. The minimum Gasteiger partial charge on any atom is -0.491 e. The number of hydrogen-bond acceptors (Lipinski definition) is 9. The second-order valence-electron chi connectivity index (χ2n) is 15.4. The van der Waals surface area contributed by atoms with E-state index >= 15 is 0 Å². The third-order valence-electron chi connectivity index (χ3n) is 10.6. The van der Waals surface area contributed by atoms with Crippen LogP contribution in [0.25, 0.3) is 0 Å². The van der Waals surface area contributed by atoms with E-state index in [0.717, 1.165) is 33.8 Å². The predicted octanol–water partition coefficient (Wildman–Crippen LogP) is 3.87. The second kappa shape index (κ2) is 21.7. The maximum absolute atomic E-state index is 14.2. The maximum Gasteiger partial charge on any atom is 0.249 e. The Kier molecular flexibility index (Phi) is 17.4. The lowest BCUT2D eigenvalue weighted by atomic mass is 9.92. The van der Waals surface area contributed by atoms with Gasteiger partial charge in [-0.15, -0.1) is 0 Å². The number of aliphatic hydroxyl groups excluding tert-OH is 1. The highest BCUT2D eigenvalue weighted by atomic mass is 35.5. The van der Waals surface area contributed by atoms with E-state index in [1.165, 1.54) is 14.2 Å². The third-order valence-corrected chi connectivity index (χ3v) is 12.2. The number of carbonyl (C=O) groups excluding carboxylic acids is 4. The molecule has 5 N–H and O–H groups in total. The van der Waals surface area contributed by atoms with Gasteiger partial charge in [-0.25, -0.2) is 21.5 Å². The van der Waals surface area contributed by atoms with Crippen LogP contribution in [0.15, 0.2) is 72.8 Å².